The molecule has 0 saturated carbocycles. The average Bonchev–Trinajstić information content (AvgIpc) is 2.31. The van der Waals surface area contributed by atoms with Gasteiger partial charge in [-0.05, 0) is 40.3 Å². The Labute approximate surface area is 119 Å². The molecule has 0 aliphatic carbocycles. The first-order chi connectivity index (χ1) is 8.52. The van der Waals surface area contributed by atoms with Crippen molar-refractivity contribution >= 4 is 34.5 Å². The lowest BCUT2D eigenvalue weighted by molar-refractivity contribution is -0.142. The first-order valence-corrected chi connectivity index (χ1v) is 6.36. The smallest absolute Gasteiger partial charge is 0.326 e. The Balaban J connectivity index is 2.65. The number of methoxy groups -OCH3 is 1. The van der Waals surface area contributed by atoms with E-state index in [0.29, 0.717) is 0 Å². The van der Waals surface area contributed by atoms with Gasteiger partial charge in [-0.3, -0.25) is 4.79 Å². The van der Waals surface area contributed by atoms with Crippen molar-refractivity contribution in [3.63, 3.8) is 0 Å². The zero-order valence-corrected chi connectivity index (χ0v) is 12.0. The first-order valence-electron chi connectivity index (χ1n) is 5.28. The monoisotopic (exact) mass is 363 g/mol. The number of nitrogens with one attached hydrogen (secondary N) is 1. The number of carbonyl (C=O) groups is 2. The van der Waals surface area contributed by atoms with Gasteiger partial charge in [-0.1, -0.05) is 12.1 Å². The molecule has 0 aliphatic heterocycles. The summed E-state index contributed by atoms with van der Waals surface area (Å²) in [7, 11) is 1.38. The molecule has 0 fully saturated rings. The number of halogens is 1. The van der Waals surface area contributed by atoms with Crippen molar-refractivity contribution < 1.29 is 19.4 Å². The highest BCUT2D eigenvalue weighted by Crippen LogP contribution is 2.09. The van der Waals surface area contributed by atoms with Crippen LogP contribution in [0.4, 0.5) is 0 Å². The van der Waals surface area contributed by atoms with Crippen molar-refractivity contribution in [2.45, 2.75) is 12.5 Å². The van der Waals surface area contributed by atoms with Gasteiger partial charge in [-0.15, -0.1) is 0 Å². The molecule has 1 aromatic carbocycles. The molecule has 0 aliphatic rings. The van der Waals surface area contributed by atoms with Gasteiger partial charge >= 0.3 is 5.97 Å². The highest BCUT2D eigenvalue weighted by atomic mass is 127. The highest BCUT2D eigenvalue weighted by molar-refractivity contribution is 14.1. The topological polar surface area (TPSA) is 75.6 Å². The number of carboxylic acid groups (broad SMARTS) is 1. The molecule has 0 spiro atoms. The lowest BCUT2D eigenvalue weighted by Crippen LogP contribution is -2.43. The zero-order chi connectivity index (χ0) is 13.5. The van der Waals surface area contributed by atoms with Gasteiger partial charge in [0, 0.05) is 17.1 Å². The van der Waals surface area contributed by atoms with Crippen LogP contribution in [0.2, 0.25) is 0 Å². The fraction of sp³-hybridized carbons (Fsp3) is 0.333. The number of carboxylic acids is 1. The molecule has 1 amide bonds. The average molecular weight is 363 g/mol. The van der Waals surface area contributed by atoms with Crippen molar-refractivity contribution in [3.05, 3.63) is 33.4 Å². The first kappa shape index (κ1) is 14.9. The normalized spacial score (nSPS) is 11.9. The van der Waals surface area contributed by atoms with Gasteiger partial charge in [0.25, 0.3) is 0 Å². The van der Waals surface area contributed by atoms with E-state index in [1.165, 1.54) is 7.11 Å². The molecule has 0 unspecified atom stereocenters. The summed E-state index contributed by atoms with van der Waals surface area (Å²) in [6.45, 7) is -0.142. The van der Waals surface area contributed by atoms with Crippen LogP contribution in [0, 0.1) is 3.57 Å². The van der Waals surface area contributed by atoms with Crippen LogP contribution in [0.15, 0.2) is 24.3 Å². The van der Waals surface area contributed by atoms with Crippen molar-refractivity contribution in [3.8, 4) is 0 Å². The molecular weight excluding hydrogens is 349 g/mol. The fourth-order valence-corrected chi connectivity index (χ4v) is 1.78. The second kappa shape index (κ2) is 7.32. The molecule has 0 heterocycles. The molecule has 1 aromatic rings. The molecule has 98 valence electrons. The molecule has 2 N–H and O–H groups in total. The van der Waals surface area contributed by atoms with Crippen LogP contribution in [0.25, 0.3) is 0 Å². The van der Waals surface area contributed by atoms with E-state index in [9.17, 15) is 9.59 Å². The van der Waals surface area contributed by atoms with E-state index in [1.807, 2.05) is 24.3 Å². The molecule has 1 atom stereocenters. The van der Waals surface area contributed by atoms with E-state index in [2.05, 4.69) is 32.6 Å². The molecule has 0 saturated heterocycles. The largest absolute Gasteiger partial charge is 0.480 e. The molecule has 0 radical (unpaired) electrons. The minimum absolute atomic E-state index is 0.142. The van der Waals surface area contributed by atoms with Crippen molar-refractivity contribution in [1.29, 1.82) is 0 Å². The summed E-state index contributed by atoms with van der Waals surface area (Å²) in [6.07, 6.45) is 0.252. The standard InChI is InChI=1S/C12H14INO4/c1-18-7-11(15)14-10(12(16)17)6-8-2-4-9(13)5-3-8/h2-5,10H,6-7H2,1H3,(H,14,15)(H,16,17)/t10-/m1/s1. The number of rotatable bonds is 6. The third-order valence-corrected chi connectivity index (χ3v) is 2.98. The van der Waals surface area contributed by atoms with Gasteiger partial charge in [0.05, 0.1) is 0 Å². The molecule has 6 heteroatoms. The number of aliphatic carboxylic acids is 1. The number of amides is 1. The zero-order valence-electron chi connectivity index (χ0n) is 9.85. The van der Waals surface area contributed by atoms with Gasteiger partial charge < -0.3 is 15.2 Å². The van der Waals surface area contributed by atoms with Crippen LogP contribution >= 0.6 is 22.6 Å². The van der Waals surface area contributed by atoms with Gasteiger partial charge in [-0.25, -0.2) is 4.79 Å². The molecule has 5 nitrogen and oxygen atoms in total. The highest BCUT2D eigenvalue weighted by Gasteiger charge is 2.20. The molecule has 0 bridgehead atoms. The quantitative estimate of drug-likeness (QED) is 0.741. The molecule has 1 rings (SSSR count). The molecule has 18 heavy (non-hydrogen) atoms. The van der Waals surface area contributed by atoms with Gasteiger partial charge in [-0.2, -0.15) is 0 Å². The SMILES string of the molecule is COCC(=O)N[C@H](Cc1ccc(I)cc1)C(=O)O. The minimum atomic E-state index is -1.06. The maximum Gasteiger partial charge on any atom is 0.326 e. The Morgan fingerprint density at radius 2 is 2.00 bits per heavy atom. The van der Waals surface area contributed by atoms with Crippen LogP contribution in [-0.2, 0) is 20.7 Å². The van der Waals surface area contributed by atoms with E-state index >= 15 is 0 Å². The number of hydrogen-bond donors (Lipinski definition) is 2. The van der Waals surface area contributed by atoms with E-state index in [0.717, 1.165) is 9.13 Å². The predicted molar refractivity (Wildman–Crippen MR) is 74.3 cm³/mol. The number of hydrogen-bond acceptors (Lipinski definition) is 3. The molecular formula is C12H14INO4. The summed E-state index contributed by atoms with van der Waals surface area (Å²) in [5.74, 6) is -1.49. The number of ether oxygens (including phenoxy) is 1. The second-order valence-electron chi connectivity index (χ2n) is 3.72. The number of carbonyl (C=O) groups excluding carboxylic acids is 1. The summed E-state index contributed by atoms with van der Waals surface area (Å²) >= 11 is 2.17. The van der Waals surface area contributed by atoms with Crippen LogP contribution in [0.5, 0.6) is 0 Å². The van der Waals surface area contributed by atoms with Crippen molar-refractivity contribution in [2.24, 2.45) is 0 Å². The lowest BCUT2D eigenvalue weighted by atomic mass is 10.1. The van der Waals surface area contributed by atoms with Crippen molar-refractivity contribution in [2.75, 3.05) is 13.7 Å². The maximum absolute atomic E-state index is 11.3. The van der Waals surface area contributed by atoms with Gasteiger partial charge in [0.15, 0.2) is 0 Å². The second-order valence-corrected chi connectivity index (χ2v) is 4.97. The summed E-state index contributed by atoms with van der Waals surface area (Å²) in [4.78, 5) is 22.4. The Bertz CT molecular complexity index is 419. The van der Waals surface area contributed by atoms with E-state index in [4.69, 9.17) is 5.11 Å². The van der Waals surface area contributed by atoms with Crippen LogP contribution < -0.4 is 5.32 Å². The summed E-state index contributed by atoms with van der Waals surface area (Å²) in [6, 6.07) is 6.55. The summed E-state index contributed by atoms with van der Waals surface area (Å²) in [5.41, 5.74) is 0.862. The van der Waals surface area contributed by atoms with Crippen molar-refractivity contribution in [1.82, 2.24) is 5.32 Å². The Morgan fingerprint density at radius 3 is 2.50 bits per heavy atom. The van der Waals surface area contributed by atoms with Crippen LogP contribution in [0.1, 0.15) is 5.56 Å². The lowest BCUT2D eigenvalue weighted by Gasteiger charge is -2.14. The number of benzene rings is 1. The van der Waals surface area contributed by atoms with Gasteiger partial charge in [0.2, 0.25) is 5.91 Å². The molecule has 0 aromatic heterocycles. The van der Waals surface area contributed by atoms with E-state index in [-0.39, 0.29) is 13.0 Å². The minimum Gasteiger partial charge on any atom is -0.480 e. The van der Waals surface area contributed by atoms with E-state index < -0.39 is 17.9 Å². The Morgan fingerprint density at radius 1 is 1.39 bits per heavy atom. The van der Waals surface area contributed by atoms with E-state index in [1.54, 1.807) is 0 Å². The van der Waals surface area contributed by atoms with Crippen LogP contribution in [-0.4, -0.2) is 36.7 Å². The fourth-order valence-electron chi connectivity index (χ4n) is 1.42. The third kappa shape index (κ3) is 5.01. The third-order valence-electron chi connectivity index (χ3n) is 2.26. The Kier molecular flexibility index (Phi) is 6.06. The Hall–Kier alpha value is -1.15. The summed E-state index contributed by atoms with van der Waals surface area (Å²) in [5, 5.41) is 11.5. The summed E-state index contributed by atoms with van der Waals surface area (Å²) < 4.78 is 5.72. The predicted octanol–water partition coefficient (Wildman–Crippen LogP) is 1.05. The van der Waals surface area contributed by atoms with Gasteiger partial charge in [0.1, 0.15) is 12.6 Å². The maximum atomic E-state index is 11.3. The van der Waals surface area contributed by atoms with Crippen LogP contribution in [0.3, 0.4) is 0 Å².